The summed E-state index contributed by atoms with van der Waals surface area (Å²) in [6.45, 7) is 2.07. The predicted octanol–water partition coefficient (Wildman–Crippen LogP) is 1.56. The van der Waals surface area contributed by atoms with Gasteiger partial charge in [-0.2, -0.15) is 0 Å². The molecule has 1 unspecified atom stereocenters. The van der Waals surface area contributed by atoms with E-state index in [2.05, 4.69) is 0 Å². The number of carbonyl (C=O) groups is 2. The number of hydrogen-bond donors (Lipinski definition) is 1. The van der Waals surface area contributed by atoms with Crippen molar-refractivity contribution in [2.24, 2.45) is 5.73 Å². The zero-order valence-electron chi connectivity index (χ0n) is 13.6. The third kappa shape index (κ3) is 3.99. The minimum absolute atomic E-state index is 0. The molecule has 0 bridgehead atoms. The average Bonchev–Trinajstić information content (AvgIpc) is 3.21. The van der Waals surface area contributed by atoms with Crippen molar-refractivity contribution in [3.8, 4) is 5.75 Å². The van der Waals surface area contributed by atoms with Gasteiger partial charge in [0.2, 0.25) is 5.91 Å². The normalized spacial score (nSPS) is 20.2. The summed E-state index contributed by atoms with van der Waals surface area (Å²) >= 11 is 0. The first-order chi connectivity index (χ1) is 11.2. The first kappa shape index (κ1) is 18.5. The predicted molar refractivity (Wildman–Crippen MR) is 94.6 cm³/mol. The van der Waals surface area contributed by atoms with E-state index in [0.29, 0.717) is 18.7 Å². The van der Waals surface area contributed by atoms with Gasteiger partial charge < -0.3 is 20.3 Å². The monoisotopic (exact) mass is 353 g/mol. The zero-order chi connectivity index (χ0) is 16.2. The molecule has 1 aromatic carbocycles. The van der Waals surface area contributed by atoms with Crippen LogP contribution in [0, 0.1) is 0 Å². The minimum Gasteiger partial charge on any atom is -0.484 e. The van der Waals surface area contributed by atoms with E-state index in [0.717, 1.165) is 38.0 Å². The Bertz CT molecular complexity index is 579. The van der Waals surface area contributed by atoms with Crippen molar-refractivity contribution >= 4 is 29.9 Å². The molecule has 1 aromatic rings. The molecular weight excluding hydrogens is 330 g/mol. The van der Waals surface area contributed by atoms with E-state index in [4.69, 9.17) is 10.5 Å². The van der Waals surface area contributed by atoms with Crippen LogP contribution in [0.2, 0.25) is 0 Å². The number of hydrogen-bond acceptors (Lipinski definition) is 4. The molecule has 3 rings (SSSR count). The van der Waals surface area contributed by atoms with Crippen molar-refractivity contribution < 1.29 is 14.3 Å². The van der Waals surface area contributed by atoms with Crippen LogP contribution in [0.1, 0.15) is 25.7 Å². The van der Waals surface area contributed by atoms with Crippen molar-refractivity contribution in [2.75, 3.05) is 31.1 Å². The molecule has 132 valence electrons. The van der Waals surface area contributed by atoms with Crippen LogP contribution in [0.5, 0.6) is 5.75 Å². The van der Waals surface area contributed by atoms with E-state index in [-0.39, 0.29) is 36.9 Å². The van der Waals surface area contributed by atoms with E-state index in [1.165, 1.54) is 0 Å². The highest BCUT2D eigenvalue weighted by molar-refractivity contribution is 5.95. The molecule has 0 saturated carbocycles. The van der Waals surface area contributed by atoms with E-state index < -0.39 is 0 Å². The van der Waals surface area contributed by atoms with Gasteiger partial charge in [-0.05, 0) is 43.5 Å². The lowest BCUT2D eigenvalue weighted by Crippen LogP contribution is -2.42. The van der Waals surface area contributed by atoms with Crippen LogP contribution in [0.4, 0.5) is 5.69 Å². The van der Waals surface area contributed by atoms with Crippen LogP contribution in [-0.4, -0.2) is 49.0 Å². The van der Waals surface area contributed by atoms with Crippen LogP contribution < -0.4 is 15.4 Å². The first-order valence-electron chi connectivity index (χ1n) is 8.22. The lowest BCUT2D eigenvalue weighted by atomic mass is 10.2. The maximum Gasteiger partial charge on any atom is 0.260 e. The van der Waals surface area contributed by atoms with E-state index in [1.807, 2.05) is 17.0 Å². The standard InChI is InChI=1S/C17H23N3O3.ClH/c18-11-14-3-1-9-20(14)17(22)12-23-15-7-5-13(6-8-15)19-10-2-4-16(19)21;/h5-8,14H,1-4,9-12,18H2;1H. The Morgan fingerprint density at radius 3 is 2.58 bits per heavy atom. The maximum absolute atomic E-state index is 12.2. The second-order valence-electron chi connectivity index (χ2n) is 6.05. The smallest absolute Gasteiger partial charge is 0.260 e. The summed E-state index contributed by atoms with van der Waals surface area (Å²) in [5, 5.41) is 0. The number of likely N-dealkylation sites (tertiary alicyclic amines) is 1. The Hall–Kier alpha value is -1.79. The third-order valence-electron chi connectivity index (χ3n) is 4.55. The lowest BCUT2D eigenvalue weighted by Gasteiger charge is -2.23. The van der Waals surface area contributed by atoms with Gasteiger partial charge in [-0.1, -0.05) is 0 Å². The number of nitrogens with two attached hydrogens (primary N) is 1. The van der Waals surface area contributed by atoms with E-state index in [9.17, 15) is 9.59 Å². The molecule has 6 nitrogen and oxygen atoms in total. The number of rotatable bonds is 5. The summed E-state index contributed by atoms with van der Waals surface area (Å²) in [6, 6.07) is 7.48. The second-order valence-corrected chi connectivity index (χ2v) is 6.05. The summed E-state index contributed by atoms with van der Waals surface area (Å²) in [4.78, 5) is 27.5. The Balaban J connectivity index is 0.00000208. The number of carbonyl (C=O) groups excluding carboxylic acids is 2. The topological polar surface area (TPSA) is 75.9 Å². The first-order valence-corrected chi connectivity index (χ1v) is 8.22. The molecule has 2 heterocycles. The molecular formula is C17H24ClN3O3. The molecule has 0 spiro atoms. The van der Waals surface area contributed by atoms with E-state index in [1.54, 1.807) is 17.0 Å². The molecule has 2 aliphatic heterocycles. The summed E-state index contributed by atoms with van der Waals surface area (Å²) in [5.74, 6) is 0.782. The molecule has 7 heteroatoms. The number of benzene rings is 1. The fourth-order valence-electron chi connectivity index (χ4n) is 3.28. The number of halogens is 1. The van der Waals surface area contributed by atoms with Crippen molar-refractivity contribution in [2.45, 2.75) is 31.7 Å². The van der Waals surface area contributed by atoms with Gasteiger partial charge in [-0.3, -0.25) is 9.59 Å². The Morgan fingerprint density at radius 1 is 1.21 bits per heavy atom. The molecule has 2 saturated heterocycles. The Kier molecular flexibility index (Phi) is 6.45. The van der Waals surface area contributed by atoms with Crippen molar-refractivity contribution in [1.82, 2.24) is 4.90 Å². The van der Waals surface area contributed by atoms with Crippen LogP contribution in [0.25, 0.3) is 0 Å². The number of nitrogens with zero attached hydrogens (tertiary/aromatic N) is 2. The molecule has 2 fully saturated rings. The highest BCUT2D eigenvalue weighted by atomic mass is 35.5. The number of ether oxygens (including phenoxy) is 1. The van der Waals surface area contributed by atoms with Gasteiger partial charge in [0.15, 0.2) is 6.61 Å². The summed E-state index contributed by atoms with van der Waals surface area (Å²) in [6.07, 6.45) is 3.50. The molecule has 2 amide bonds. The van der Waals surface area contributed by atoms with Gasteiger partial charge in [-0.25, -0.2) is 0 Å². The summed E-state index contributed by atoms with van der Waals surface area (Å²) in [5.41, 5.74) is 6.57. The molecule has 0 aromatic heterocycles. The Labute approximate surface area is 148 Å². The fraction of sp³-hybridized carbons (Fsp3) is 0.529. The lowest BCUT2D eigenvalue weighted by molar-refractivity contribution is -0.134. The molecule has 0 aliphatic carbocycles. The largest absolute Gasteiger partial charge is 0.484 e. The van der Waals surface area contributed by atoms with Crippen LogP contribution in [-0.2, 0) is 9.59 Å². The molecule has 2 N–H and O–H groups in total. The van der Waals surface area contributed by atoms with Crippen LogP contribution >= 0.6 is 12.4 Å². The van der Waals surface area contributed by atoms with Crippen molar-refractivity contribution in [1.29, 1.82) is 0 Å². The van der Waals surface area contributed by atoms with Gasteiger partial charge in [0, 0.05) is 37.8 Å². The van der Waals surface area contributed by atoms with Crippen LogP contribution in [0.15, 0.2) is 24.3 Å². The number of anilines is 1. The van der Waals surface area contributed by atoms with Gasteiger partial charge in [0.1, 0.15) is 5.75 Å². The molecule has 1 atom stereocenters. The van der Waals surface area contributed by atoms with Crippen molar-refractivity contribution in [3.63, 3.8) is 0 Å². The van der Waals surface area contributed by atoms with Gasteiger partial charge >= 0.3 is 0 Å². The van der Waals surface area contributed by atoms with Crippen LogP contribution in [0.3, 0.4) is 0 Å². The van der Waals surface area contributed by atoms with Gasteiger partial charge in [-0.15, -0.1) is 12.4 Å². The molecule has 0 radical (unpaired) electrons. The summed E-state index contributed by atoms with van der Waals surface area (Å²) in [7, 11) is 0. The zero-order valence-corrected chi connectivity index (χ0v) is 14.5. The van der Waals surface area contributed by atoms with Gasteiger partial charge in [0.05, 0.1) is 0 Å². The highest BCUT2D eigenvalue weighted by Gasteiger charge is 2.27. The van der Waals surface area contributed by atoms with Crippen molar-refractivity contribution in [3.05, 3.63) is 24.3 Å². The summed E-state index contributed by atoms with van der Waals surface area (Å²) < 4.78 is 5.58. The molecule has 24 heavy (non-hydrogen) atoms. The number of amides is 2. The minimum atomic E-state index is -0.0169. The Morgan fingerprint density at radius 2 is 1.96 bits per heavy atom. The van der Waals surface area contributed by atoms with E-state index >= 15 is 0 Å². The second kappa shape index (κ2) is 8.35. The third-order valence-corrected chi connectivity index (χ3v) is 4.55. The highest BCUT2D eigenvalue weighted by Crippen LogP contribution is 2.24. The SMILES string of the molecule is Cl.NCC1CCCN1C(=O)COc1ccc(N2CCCC2=O)cc1. The quantitative estimate of drug-likeness (QED) is 0.871. The fourth-order valence-corrected chi connectivity index (χ4v) is 3.28. The maximum atomic E-state index is 12.2. The molecule has 2 aliphatic rings. The average molecular weight is 354 g/mol. The van der Waals surface area contributed by atoms with Gasteiger partial charge in [0.25, 0.3) is 5.91 Å².